The maximum absolute atomic E-state index is 11.4. The van der Waals surface area contributed by atoms with Gasteiger partial charge in [0.1, 0.15) is 6.04 Å². The van der Waals surface area contributed by atoms with E-state index >= 15 is 0 Å². The van der Waals surface area contributed by atoms with Crippen LogP contribution in [0.5, 0.6) is 0 Å². The number of hydrogen-bond acceptors (Lipinski definition) is 2. The van der Waals surface area contributed by atoms with Crippen LogP contribution in [0.25, 0.3) is 0 Å². The van der Waals surface area contributed by atoms with Crippen molar-refractivity contribution in [3.05, 3.63) is 12.3 Å². The van der Waals surface area contributed by atoms with Crippen LogP contribution >= 0.6 is 0 Å². The Kier molecular flexibility index (Phi) is 3.28. The number of amides is 2. The molecule has 1 aliphatic rings. The molecular weight excluding hydrogens is 180 g/mol. The average Bonchev–Trinajstić information content (AvgIpc) is 2.14. The maximum atomic E-state index is 11.4. The van der Waals surface area contributed by atoms with E-state index in [2.05, 4.69) is 31.1 Å². The van der Waals surface area contributed by atoms with Crippen molar-refractivity contribution in [3.8, 4) is 0 Å². The van der Waals surface area contributed by atoms with Crippen LogP contribution in [0.4, 0.5) is 0 Å². The molecular formula is C10H16N2O2. The van der Waals surface area contributed by atoms with Gasteiger partial charge in [-0.1, -0.05) is 26.8 Å². The highest BCUT2D eigenvalue weighted by atomic mass is 16.2. The number of hydrogen-bond donors (Lipinski definition) is 2. The molecule has 4 heteroatoms. The van der Waals surface area contributed by atoms with E-state index in [1.54, 1.807) is 0 Å². The fourth-order valence-corrected chi connectivity index (χ4v) is 1.34. The van der Waals surface area contributed by atoms with Gasteiger partial charge in [0.05, 0.1) is 5.70 Å². The van der Waals surface area contributed by atoms with E-state index in [0.29, 0.717) is 12.3 Å². The van der Waals surface area contributed by atoms with Crippen LogP contribution in [0.3, 0.4) is 0 Å². The zero-order chi connectivity index (χ0) is 10.7. The van der Waals surface area contributed by atoms with Crippen LogP contribution in [0.2, 0.25) is 0 Å². The Morgan fingerprint density at radius 3 is 2.71 bits per heavy atom. The average molecular weight is 196 g/mol. The Hall–Kier alpha value is -1.32. The van der Waals surface area contributed by atoms with Gasteiger partial charge in [-0.15, -0.1) is 0 Å². The standard InChI is InChI=1S/C10H16N2O2/c1-4-6(2)5-8-10(14)11-7(3)9(13)12-8/h6,8H,3-5H2,1-2H3,(H,11,14)(H,12,13)/t6?,8-/m0/s1. The third kappa shape index (κ3) is 2.34. The molecule has 78 valence electrons. The minimum atomic E-state index is -0.400. The van der Waals surface area contributed by atoms with Gasteiger partial charge in [-0.2, -0.15) is 0 Å². The first-order chi connectivity index (χ1) is 6.54. The quantitative estimate of drug-likeness (QED) is 0.648. The lowest BCUT2D eigenvalue weighted by atomic mass is 9.97. The van der Waals surface area contributed by atoms with Gasteiger partial charge in [0.25, 0.3) is 5.91 Å². The van der Waals surface area contributed by atoms with Gasteiger partial charge in [-0.25, -0.2) is 0 Å². The fraction of sp³-hybridized carbons (Fsp3) is 0.600. The third-order valence-corrected chi connectivity index (χ3v) is 2.50. The summed E-state index contributed by atoms with van der Waals surface area (Å²) in [5.74, 6) is -0.00906. The number of rotatable bonds is 3. The zero-order valence-electron chi connectivity index (χ0n) is 8.59. The van der Waals surface area contributed by atoms with E-state index in [1.165, 1.54) is 0 Å². The van der Waals surface area contributed by atoms with Crippen molar-refractivity contribution >= 4 is 11.8 Å². The summed E-state index contributed by atoms with van der Waals surface area (Å²) < 4.78 is 0. The molecule has 0 bridgehead atoms. The molecule has 0 aromatic heterocycles. The fourth-order valence-electron chi connectivity index (χ4n) is 1.34. The molecule has 0 saturated carbocycles. The molecule has 1 heterocycles. The summed E-state index contributed by atoms with van der Waals surface area (Å²) in [6.45, 7) is 7.56. The van der Waals surface area contributed by atoms with Crippen LogP contribution in [0.15, 0.2) is 12.3 Å². The molecule has 0 spiro atoms. The number of nitrogens with one attached hydrogen (secondary N) is 2. The smallest absolute Gasteiger partial charge is 0.267 e. The summed E-state index contributed by atoms with van der Waals surface area (Å²) in [4.78, 5) is 22.6. The lowest BCUT2D eigenvalue weighted by Crippen LogP contribution is -2.54. The van der Waals surface area contributed by atoms with Gasteiger partial charge in [-0.05, 0) is 12.3 Å². The zero-order valence-corrected chi connectivity index (χ0v) is 8.59. The molecule has 0 aliphatic carbocycles. The van der Waals surface area contributed by atoms with Crippen molar-refractivity contribution in [1.29, 1.82) is 0 Å². The molecule has 2 N–H and O–H groups in total. The molecule has 2 atom stereocenters. The summed E-state index contributed by atoms with van der Waals surface area (Å²) >= 11 is 0. The lowest BCUT2D eigenvalue weighted by molar-refractivity contribution is -0.131. The highest BCUT2D eigenvalue weighted by Crippen LogP contribution is 2.12. The Bertz CT molecular complexity index is 273. The molecule has 1 rings (SSSR count). The van der Waals surface area contributed by atoms with Crippen molar-refractivity contribution in [3.63, 3.8) is 0 Å². The summed E-state index contributed by atoms with van der Waals surface area (Å²) in [5, 5.41) is 5.09. The summed E-state index contributed by atoms with van der Waals surface area (Å²) in [7, 11) is 0. The first-order valence-electron chi connectivity index (χ1n) is 4.85. The Labute approximate surface area is 83.8 Å². The molecule has 0 aromatic carbocycles. The molecule has 1 fully saturated rings. The Balaban J connectivity index is 2.57. The predicted octanol–water partition coefficient (Wildman–Crippen LogP) is 0.551. The Morgan fingerprint density at radius 2 is 2.14 bits per heavy atom. The van der Waals surface area contributed by atoms with E-state index in [9.17, 15) is 9.59 Å². The third-order valence-electron chi connectivity index (χ3n) is 2.50. The summed E-state index contributed by atoms with van der Waals surface area (Å²) in [6.07, 6.45) is 1.68. The topological polar surface area (TPSA) is 58.2 Å². The minimum absolute atomic E-state index is 0.135. The van der Waals surface area contributed by atoms with Gasteiger partial charge in [0.15, 0.2) is 0 Å². The van der Waals surface area contributed by atoms with Crippen molar-refractivity contribution in [2.75, 3.05) is 0 Å². The molecule has 14 heavy (non-hydrogen) atoms. The van der Waals surface area contributed by atoms with E-state index in [0.717, 1.165) is 6.42 Å². The number of piperazine rings is 1. The summed E-state index contributed by atoms with van der Waals surface area (Å²) in [5.41, 5.74) is 0.135. The first kappa shape index (κ1) is 10.8. The highest BCUT2D eigenvalue weighted by molar-refractivity contribution is 6.04. The van der Waals surface area contributed by atoms with Gasteiger partial charge < -0.3 is 10.6 Å². The first-order valence-corrected chi connectivity index (χ1v) is 4.85. The van der Waals surface area contributed by atoms with E-state index in [1.807, 2.05) is 0 Å². The SMILES string of the molecule is C=C1NC(=O)[C@H](CC(C)CC)NC1=O. The predicted molar refractivity (Wildman–Crippen MR) is 53.3 cm³/mol. The van der Waals surface area contributed by atoms with Gasteiger partial charge in [-0.3, -0.25) is 9.59 Å². The second kappa shape index (κ2) is 4.26. The van der Waals surface area contributed by atoms with Gasteiger partial charge in [0, 0.05) is 0 Å². The van der Waals surface area contributed by atoms with E-state index < -0.39 is 6.04 Å². The largest absolute Gasteiger partial charge is 0.339 e. The van der Waals surface area contributed by atoms with E-state index in [-0.39, 0.29) is 17.5 Å². The molecule has 0 aromatic rings. The summed E-state index contributed by atoms with van der Waals surface area (Å²) in [6, 6.07) is -0.400. The second-order valence-electron chi connectivity index (χ2n) is 3.74. The minimum Gasteiger partial charge on any atom is -0.339 e. The molecule has 1 aliphatic heterocycles. The van der Waals surface area contributed by atoms with Crippen molar-refractivity contribution in [2.45, 2.75) is 32.7 Å². The monoisotopic (exact) mass is 196 g/mol. The van der Waals surface area contributed by atoms with Gasteiger partial charge in [0.2, 0.25) is 5.91 Å². The lowest BCUT2D eigenvalue weighted by Gasteiger charge is -2.26. The van der Waals surface area contributed by atoms with Crippen molar-refractivity contribution < 1.29 is 9.59 Å². The van der Waals surface area contributed by atoms with Crippen LogP contribution in [-0.4, -0.2) is 17.9 Å². The van der Waals surface area contributed by atoms with Gasteiger partial charge >= 0.3 is 0 Å². The molecule has 4 nitrogen and oxygen atoms in total. The van der Waals surface area contributed by atoms with Crippen LogP contribution in [0, 0.1) is 5.92 Å². The number of carbonyl (C=O) groups is 2. The molecule has 0 radical (unpaired) electrons. The van der Waals surface area contributed by atoms with Crippen molar-refractivity contribution in [1.82, 2.24) is 10.6 Å². The number of carbonyl (C=O) groups excluding carboxylic acids is 2. The second-order valence-corrected chi connectivity index (χ2v) is 3.74. The van der Waals surface area contributed by atoms with Crippen molar-refractivity contribution in [2.24, 2.45) is 5.92 Å². The van der Waals surface area contributed by atoms with E-state index in [4.69, 9.17) is 0 Å². The highest BCUT2D eigenvalue weighted by Gasteiger charge is 2.29. The Morgan fingerprint density at radius 1 is 1.50 bits per heavy atom. The maximum Gasteiger partial charge on any atom is 0.267 e. The molecule has 1 saturated heterocycles. The molecule has 1 unspecified atom stereocenters. The van der Waals surface area contributed by atoms with Crippen LogP contribution in [-0.2, 0) is 9.59 Å². The normalized spacial score (nSPS) is 24.1. The van der Waals surface area contributed by atoms with Crippen LogP contribution < -0.4 is 10.6 Å². The van der Waals surface area contributed by atoms with Crippen LogP contribution in [0.1, 0.15) is 26.7 Å². The molecule has 2 amide bonds.